The summed E-state index contributed by atoms with van der Waals surface area (Å²) in [7, 11) is 0. The first-order chi connectivity index (χ1) is 11.8. The molecule has 0 aliphatic carbocycles. The zero-order chi connectivity index (χ0) is 17.9. The SMILES string of the molecule is Cc1cc(C)c2nc(C(F)(F)F)nn2c1-c1cc(C)c2[nH]ncc2c1. The molecule has 4 rings (SSSR count). The number of fused-ring (bicyclic) bond motifs is 2. The summed E-state index contributed by atoms with van der Waals surface area (Å²) >= 11 is 0. The summed E-state index contributed by atoms with van der Waals surface area (Å²) in [6, 6.07) is 5.62. The van der Waals surface area contributed by atoms with E-state index in [0.29, 0.717) is 11.3 Å². The van der Waals surface area contributed by atoms with Gasteiger partial charge in [0.15, 0.2) is 5.65 Å². The number of aromatic nitrogens is 5. The van der Waals surface area contributed by atoms with Crippen molar-refractivity contribution >= 4 is 16.6 Å². The van der Waals surface area contributed by atoms with Gasteiger partial charge in [-0.1, -0.05) is 6.07 Å². The molecular weight excluding hydrogens is 331 g/mol. The number of hydrogen-bond acceptors (Lipinski definition) is 3. The number of aryl methyl sites for hydroxylation is 3. The van der Waals surface area contributed by atoms with Crippen molar-refractivity contribution in [3.05, 3.63) is 46.9 Å². The number of nitrogens with zero attached hydrogens (tertiary/aromatic N) is 4. The van der Waals surface area contributed by atoms with E-state index in [9.17, 15) is 13.2 Å². The van der Waals surface area contributed by atoms with Gasteiger partial charge in [-0.25, -0.2) is 9.50 Å². The summed E-state index contributed by atoms with van der Waals surface area (Å²) in [6.07, 6.45) is -2.90. The van der Waals surface area contributed by atoms with Crippen LogP contribution in [-0.4, -0.2) is 24.8 Å². The first kappa shape index (κ1) is 15.6. The van der Waals surface area contributed by atoms with Crippen LogP contribution >= 0.6 is 0 Å². The Hall–Kier alpha value is -2.90. The predicted molar refractivity (Wildman–Crippen MR) is 87.3 cm³/mol. The van der Waals surface area contributed by atoms with Gasteiger partial charge in [0, 0.05) is 10.9 Å². The van der Waals surface area contributed by atoms with Gasteiger partial charge in [0.25, 0.3) is 5.82 Å². The summed E-state index contributed by atoms with van der Waals surface area (Å²) < 4.78 is 40.5. The van der Waals surface area contributed by atoms with Crippen LogP contribution in [0.15, 0.2) is 24.4 Å². The lowest BCUT2D eigenvalue weighted by molar-refractivity contribution is -0.144. The standard InChI is InChI=1S/C17H14F3N5/c1-8-5-11(6-12-7-21-23-13(8)12)14-9(2)4-10(3)15-22-16(17(18,19)20)24-25(14)15/h4-7H,1-3H3,(H,21,23). The normalized spacial score (nSPS) is 12.4. The molecule has 1 aromatic carbocycles. The van der Waals surface area contributed by atoms with Gasteiger partial charge < -0.3 is 0 Å². The molecule has 3 heterocycles. The Morgan fingerprint density at radius 3 is 2.48 bits per heavy atom. The molecule has 0 radical (unpaired) electrons. The molecule has 0 saturated carbocycles. The highest BCUT2D eigenvalue weighted by atomic mass is 19.4. The molecule has 0 unspecified atom stereocenters. The van der Waals surface area contributed by atoms with Crippen LogP contribution < -0.4 is 0 Å². The van der Waals surface area contributed by atoms with Crippen LogP contribution in [0.5, 0.6) is 0 Å². The monoisotopic (exact) mass is 345 g/mol. The molecule has 0 amide bonds. The van der Waals surface area contributed by atoms with E-state index in [1.165, 1.54) is 4.52 Å². The van der Waals surface area contributed by atoms with E-state index in [1.54, 1.807) is 13.1 Å². The molecule has 0 bridgehead atoms. The molecule has 25 heavy (non-hydrogen) atoms. The van der Waals surface area contributed by atoms with E-state index in [1.807, 2.05) is 32.0 Å². The maximum atomic E-state index is 13.1. The third kappa shape index (κ3) is 2.36. The third-order valence-electron chi connectivity index (χ3n) is 4.25. The molecule has 8 heteroatoms. The van der Waals surface area contributed by atoms with Crippen molar-refractivity contribution in [1.29, 1.82) is 0 Å². The molecule has 0 aliphatic rings. The molecular formula is C17H14F3N5. The van der Waals surface area contributed by atoms with E-state index in [0.717, 1.165) is 27.6 Å². The molecule has 128 valence electrons. The molecule has 5 nitrogen and oxygen atoms in total. The summed E-state index contributed by atoms with van der Waals surface area (Å²) in [5.41, 5.74) is 4.89. The number of halogens is 3. The topological polar surface area (TPSA) is 58.9 Å². The van der Waals surface area contributed by atoms with Gasteiger partial charge in [-0.2, -0.15) is 18.3 Å². The molecule has 0 aliphatic heterocycles. The van der Waals surface area contributed by atoms with Crippen LogP contribution in [0.1, 0.15) is 22.5 Å². The van der Waals surface area contributed by atoms with Gasteiger partial charge in [0.1, 0.15) is 0 Å². The lowest BCUT2D eigenvalue weighted by Crippen LogP contribution is -2.08. The summed E-state index contributed by atoms with van der Waals surface area (Å²) in [4.78, 5) is 3.69. The van der Waals surface area contributed by atoms with Crippen LogP contribution in [0, 0.1) is 20.8 Å². The predicted octanol–water partition coefficient (Wildman–Crippen LogP) is 4.22. The van der Waals surface area contributed by atoms with Crippen molar-refractivity contribution in [3.63, 3.8) is 0 Å². The number of aromatic amines is 1. The van der Waals surface area contributed by atoms with Crippen LogP contribution in [0.2, 0.25) is 0 Å². The zero-order valence-electron chi connectivity index (χ0n) is 13.7. The van der Waals surface area contributed by atoms with Crippen molar-refractivity contribution in [2.45, 2.75) is 26.9 Å². The fourth-order valence-electron chi connectivity index (χ4n) is 3.19. The second-order valence-electron chi connectivity index (χ2n) is 6.15. The van der Waals surface area contributed by atoms with Crippen LogP contribution in [0.3, 0.4) is 0 Å². The van der Waals surface area contributed by atoms with Gasteiger partial charge in [0.2, 0.25) is 0 Å². The average Bonchev–Trinajstić information content (AvgIpc) is 3.13. The highest BCUT2D eigenvalue weighted by molar-refractivity contribution is 5.87. The molecule has 0 saturated heterocycles. The number of rotatable bonds is 1. The number of alkyl halides is 3. The lowest BCUT2D eigenvalue weighted by Gasteiger charge is -2.11. The van der Waals surface area contributed by atoms with Gasteiger partial charge >= 0.3 is 6.18 Å². The van der Waals surface area contributed by atoms with Crippen molar-refractivity contribution in [1.82, 2.24) is 24.8 Å². The minimum atomic E-state index is -4.59. The zero-order valence-corrected chi connectivity index (χ0v) is 13.7. The van der Waals surface area contributed by atoms with Gasteiger partial charge in [-0.3, -0.25) is 5.10 Å². The minimum absolute atomic E-state index is 0.206. The number of benzene rings is 1. The van der Waals surface area contributed by atoms with Crippen LogP contribution in [0.4, 0.5) is 13.2 Å². The minimum Gasteiger partial charge on any atom is -0.278 e. The Kier molecular flexibility index (Phi) is 3.15. The molecule has 0 fully saturated rings. The Morgan fingerprint density at radius 1 is 1.00 bits per heavy atom. The largest absolute Gasteiger partial charge is 0.453 e. The number of hydrogen-bond donors (Lipinski definition) is 1. The van der Waals surface area contributed by atoms with Crippen molar-refractivity contribution < 1.29 is 13.2 Å². The highest BCUT2D eigenvalue weighted by Gasteiger charge is 2.37. The maximum Gasteiger partial charge on any atom is 0.453 e. The van der Waals surface area contributed by atoms with Crippen molar-refractivity contribution in [2.24, 2.45) is 0 Å². The molecule has 0 atom stereocenters. The van der Waals surface area contributed by atoms with Crippen LogP contribution in [-0.2, 0) is 6.18 Å². The average molecular weight is 345 g/mol. The first-order valence-corrected chi connectivity index (χ1v) is 7.64. The van der Waals surface area contributed by atoms with E-state index in [2.05, 4.69) is 20.3 Å². The summed E-state index contributed by atoms with van der Waals surface area (Å²) in [5, 5.41) is 11.6. The summed E-state index contributed by atoms with van der Waals surface area (Å²) in [6.45, 7) is 5.50. The fourth-order valence-corrected chi connectivity index (χ4v) is 3.19. The number of H-pyrrole nitrogens is 1. The molecule has 3 aromatic heterocycles. The number of nitrogens with one attached hydrogen (secondary N) is 1. The molecule has 1 N–H and O–H groups in total. The second-order valence-corrected chi connectivity index (χ2v) is 6.15. The van der Waals surface area contributed by atoms with Gasteiger partial charge in [-0.05, 0) is 49.6 Å². The Bertz CT molecular complexity index is 1120. The van der Waals surface area contributed by atoms with E-state index in [-0.39, 0.29) is 5.65 Å². The third-order valence-corrected chi connectivity index (χ3v) is 4.25. The quantitative estimate of drug-likeness (QED) is 0.562. The van der Waals surface area contributed by atoms with E-state index < -0.39 is 12.0 Å². The van der Waals surface area contributed by atoms with Gasteiger partial charge in [0.05, 0.1) is 17.4 Å². The smallest absolute Gasteiger partial charge is 0.278 e. The van der Waals surface area contributed by atoms with Crippen LogP contribution in [0.25, 0.3) is 27.8 Å². The lowest BCUT2D eigenvalue weighted by atomic mass is 10.0. The Balaban J connectivity index is 2.07. The Labute approximate surface area is 140 Å². The Morgan fingerprint density at radius 2 is 1.76 bits per heavy atom. The molecule has 4 aromatic rings. The van der Waals surface area contributed by atoms with Crippen molar-refractivity contribution in [2.75, 3.05) is 0 Å². The fraction of sp³-hybridized carbons (Fsp3) is 0.235. The maximum absolute atomic E-state index is 13.1. The highest BCUT2D eigenvalue weighted by Crippen LogP contribution is 2.32. The second kappa shape index (κ2) is 5.05. The first-order valence-electron chi connectivity index (χ1n) is 7.64. The van der Waals surface area contributed by atoms with E-state index in [4.69, 9.17) is 0 Å². The summed E-state index contributed by atoms with van der Waals surface area (Å²) in [5.74, 6) is -1.14. The molecule has 0 spiro atoms. The van der Waals surface area contributed by atoms with Crippen molar-refractivity contribution in [3.8, 4) is 11.3 Å². The van der Waals surface area contributed by atoms with Gasteiger partial charge in [-0.15, -0.1) is 5.10 Å². The number of pyridine rings is 1. The van der Waals surface area contributed by atoms with E-state index >= 15 is 0 Å².